The molecular weight excluding hydrogens is 366 g/mol. The van der Waals surface area contributed by atoms with Gasteiger partial charge >= 0.3 is 0 Å². The minimum absolute atomic E-state index is 0.0743. The van der Waals surface area contributed by atoms with E-state index >= 15 is 0 Å². The predicted molar refractivity (Wildman–Crippen MR) is 110 cm³/mol. The molecule has 1 unspecified atom stereocenters. The molecule has 0 bridgehead atoms. The Morgan fingerprint density at radius 3 is 2.72 bits per heavy atom. The predicted octanol–water partition coefficient (Wildman–Crippen LogP) is 3.70. The van der Waals surface area contributed by atoms with Crippen molar-refractivity contribution in [1.82, 2.24) is 10.3 Å². The van der Waals surface area contributed by atoms with E-state index in [4.69, 9.17) is 4.74 Å². The van der Waals surface area contributed by atoms with Crippen LogP contribution in [0.5, 0.6) is 5.75 Å². The highest BCUT2D eigenvalue weighted by molar-refractivity contribution is 6.09. The fourth-order valence-corrected chi connectivity index (χ4v) is 4.12. The maximum absolute atomic E-state index is 13.3. The van der Waals surface area contributed by atoms with Crippen molar-refractivity contribution < 1.29 is 14.3 Å². The molecule has 0 saturated heterocycles. The molecular formula is C23H23N3O3. The van der Waals surface area contributed by atoms with Gasteiger partial charge < -0.3 is 15.4 Å². The number of para-hydroxylation sites is 1. The normalized spacial score (nSPS) is 18.8. The molecule has 1 aromatic carbocycles. The van der Waals surface area contributed by atoms with E-state index < -0.39 is 5.92 Å². The number of ether oxygens (including phenoxy) is 1. The summed E-state index contributed by atoms with van der Waals surface area (Å²) in [5, 5.41) is 6.19. The zero-order valence-electron chi connectivity index (χ0n) is 16.5. The second-order valence-electron chi connectivity index (χ2n) is 7.18. The van der Waals surface area contributed by atoms with Gasteiger partial charge in [-0.3, -0.25) is 9.59 Å². The molecule has 1 aromatic heterocycles. The number of anilines is 1. The Morgan fingerprint density at radius 2 is 1.97 bits per heavy atom. The van der Waals surface area contributed by atoms with Gasteiger partial charge in [-0.25, -0.2) is 4.98 Å². The van der Waals surface area contributed by atoms with Gasteiger partial charge in [0.25, 0.3) is 5.91 Å². The smallest absolute Gasteiger partial charge is 0.255 e. The molecule has 1 amide bonds. The number of allylic oxidation sites excluding steroid dienone is 3. The minimum atomic E-state index is -0.487. The van der Waals surface area contributed by atoms with Crippen molar-refractivity contribution in [2.75, 3.05) is 12.4 Å². The number of benzene rings is 1. The fourth-order valence-electron chi connectivity index (χ4n) is 4.12. The van der Waals surface area contributed by atoms with Gasteiger partial charge in [0, 0.05) is 40.7 Å². The lowest BCUT2D eigenvalue weighted by Crippen LogP contribution is -2.35. The van der Waals surface area contributed by atoms with Gasteiger partial charge in [0.2, 0.25) is 0 Å². The van der Waals surface area contributed by atoms with Gasteiger partial charge in [0.05, 0.1) is 13.0 Å². The summed E-state index contributed by atoms with van der Waals surface area (Å²) in [7, 11) is 1.60. The van der Waals surface area contributed by atoms with E-state index in [1.807, 2.05) is 37.3 Å². The zero-order chi connectivity index (χ0) is 20.4. The van der Waals surface area contributed by atoms with E-state index in [0.717, 1.165) is 29.8 Å². The molecule has 148 valence electrons. The second-order valence-corrected chi connectivity index (χ2v) is 7.18. The van der Waals surface area contributed by atoms with Crippen LogP contribution in [0.4, 0.5) is 5.82 Å². The van der Waals surface area contributed by atoms with Crippen molar-refractivity contribution in [3.8, 4) is 5.75 Å². The summed E-state index contributed by atoms with van der Waals surface area (Å²) >= 11 is 0. The lowest BCUT2D eigenvalue weighted by Gasteiger charge is -2.35. The SMILES string of the molecule is COc1ccccc1C1C(C(=O)Nc2ccccn2)=C(C)NC2=C1C(=O)CCC2. The van der Waals surface area contributed by atoms with Crippen LogP contribution in [0.15, 0.2) is 71.2 Å². The van der Waals surface area contributed by atoms with Crippen LogP contribution in [0.25, 0.3) is 0 Å². The van der Waals surface area contributed by atoms with Gasteiger partial charge in [0.15, 0.2) is 5.78 Å². The number of nitrogens with one attached hydrogen (secondary N) is 2. The molecule has 2 heterocycles. The number of ketones is 1. The first-order chi connectivity index (χ1) is 14.1. The maximum Gasteiger partial charge on any atom is 0.255 e. The third-order valence-electron chi connectivity index (χ3n) is 5.38. The van der Waals surface area contributed by atoms with E-state index in [1.165, 1.54) is 0 Å². The lowest BCUT2D eigenvalue weighted by atomic mass is 9.74. The number of dihydropyridines is 1. The number of nitrogens with zero attached hydrogens (tertiary/aromatic N) is 1. The van der Waals surface area contributed by atoms with Gasteiger partial charge in [-0.05, 0) is 38.0 Å². The summed E-state index contributed by atoms with van der Waals surface area (Å²) in [5.41, 5.74) is 3.63. The molecule has 4 rings (SSSR count). The van der Waals surface area contributed by atoms with Gasteiger partial charge in [-0.15, -0.1) is 0 Å². The van der Waals surface area contributed by atoms with E-state index in [2.05, 4.69) is 15.6 Å². The van der Waals surface area contributed by atoms with Crippen LogP contribution in [0, 0.1) is 0 Å². The quantitative estimate of drug-likeness (QED) is 0.834. The number of Topliss-reactive ketones (excluding diaryl/α,β-unsaturated/α-hetero) is 1. The van der Waals surface area contributed by atoms with Crippen molar-refractivity contribution in [2.45, 2.75) is 32.1 Å². The Kier molecular flexibility index (Phi) is 5.16. The van der Waals surface area contributed by atoms with Crippen LogP contribution in [-0.2, 0) is 9.59 Å². The highest BCUT2D eigenvalue weighted by Crippen LogP contribution is 2.45. The molecule has 1 aliphatic heterocycles. The Hall–Kier alpha value is -3.41. The van der Waals surface area contributed by atoms with Gasteiger partial charge in [0.1, 0.15) is 11.6 Å². The first-order valence-electron chi connectivity index (χ1n) is 9.69. The number of hydrogen-bond acceptors (Lipinski definition) is 5. The van der Waals surface area contributed by atoms with Crippen LogP contribution in [-0.4, -0.2) is 23.8 Å². The van der Waals surface area contributed by atoms with Crippen molar-refractivity contribution in [1.29, 1.82) is 0 Å². The summed E-state index contributed by atoms with van der Waals surface area (Å²) in [6, 6.07) is 12.9. The molecule has 0 spiro atoms. The molecule has 2 N–H and O–H groups in total. The van der Waals surface area contributed by atoms with E-state index in [9.17, 15) is 9.59 Å². The molecule has 6 heteroatoms. The number of amides is 1. The topological polar surface area (TPSA) is 80.3 Å². The minimum Gasteiger partial charge on any atom is -0.496 e. The zero-order valence-corrected chi connectivity index (χ0v) is 16.5. The average Bonchev–Trinajstić information content (AvgIpc) is 2.73. The Labute approximate surface area is 169 Å². The first kappa shape index (κ1) is 18.9. The van der Waals surface area contributed by atoms with E-state index in [1.54, 1.807) is 25.4 Å². The first-order valence-corrected chi connectivity index (χ1v) is 9.69. The number of aromatic nitrogens is 1. The molecule has 0 saturated carbocycles. The molecule has 0 fully saturated rings. The van der Waals surface area contributed by atoms with Crippen molar-refractivity contribution in [3.63, 3.8) is 0 Å². The summed E-state index contributed by atoms with van der Waals surface area (Å²) in [6.45, 7) is 1.87. The number of carbonyl (C=O) groups is 2. The molecule has 29 heavy (non-hydrogen) atoms. The van der Waals surface area contributed by atoms with Crippen LogP contribution in [0.2, 0.25) is 0 Å². The summed E-state index contributed by atoms with van der Waals surface area (Å²) in [4.78, 5) is 30.4. The van der Waals surface area contributed by atoms with Gasteiger partial charge in [-0.1, -0.05) is 24.3 Å². The number of carbonyl (C=O) groups excluding carboxylic acids is 2. The molecule has 6 nitrogen and oxygen atoms in total. The Bertz CT molecular complexity index is 1020. The lowest BCUT2D eigenvalue weighted by molar-refractivity contribution is -0.116. The summed E-state index contributed by atoms with van der Waals surface area (Å²) in [5.74, 6) is 0.422. The molecule has 2 aliphatic rings. The third kappa shape index (κ3) is 3.53. The van der Waals surface area contributed by atoms with E-state index in [-0.39, 0.29) is 11.7 Å². The van der Waals surface area contributed by atoms with E-state index in [0.29, 0.717) is 29.1 Å². The van der Waals surface area contributed by atoms with Crippen LogP contribution in [0.3, 0.4) is 0 Å². The fraction of sp³-hybridized carbons (Fsp3) is 0.261. The van der Waals surface area contributed by atoms with Crippen LogP contribution in [0.1, 0.15) is 37.7 Å². The average molecular weight is 389 g/mol. The van der Waals surface area contributed by atoms with Crippen molar-refractivity contribution >= 4 is 17.5 Å². The highest BCUT2D eigenvalue weighted by atomic mass is 16.5. The molecule has 2 aromatic rings. The molecule has 1 atom stereocenters. The number of methoxy groups -OCH3 is 1. The number of rotatable bonds is 4. The Balaban J connectivity index is 1.83. The van der Waals surface area contributed by atoms with Crippen LogP contribution < -0.4 is 15.4 Å². The summed E-state index contributed by atoms with van der Waals surface area (Å²) < 4.78 is 5.57. The Morgan fingerprint density at radius 1 is 1.17 bits per heavy atom. The summed E-state index contributed by atoms with van der Waals surface area (Å²) in [6.07, 6.45) is 3.71. The maximum atomic E-state index is 13.3. The number of pyridine rings is 1. The van der Waals surface area contributed by atoms with Crippen LogP contribution >= 0.6 is 0 Å². The second kappa shape index (κ2) is 7.91. The molecule has 1 aliphatic carbocycles. The third-order valence-corrected chi connectivity index (χ3v) is 5.38. The number of hydrogen-bond donors (Lipinski definition) is 2. The highest BCUT2D eigenvalue weighted by Gasteiger charge is 2.39. The molecule has 0 radical (unpaired) electrons. The standard InChI is InChI=1S/C23H23N3O3/c1-14-20(23(28)26-19-12-5-6-13-24-19)21(15-8-3-4-11-18(15)29-2)22-16(25-14)9-7-10-17(22)27/h3-6,8,11-13,21,25H,7,9-10H2,1-2H3,(H,24,26,28). The van der Waals surface area contributed by atoms with Crippen molar-refractivity contribution in [2.24, 2.45) is 0 Å². The van der Waals surface area contributed by atoms with Gasteiger partial charge in [-0.2, -0.15) is 0 Å². The van der Waals surface area contributed by atoms with Crippen molar-refractivity contribution in [3.05, 3.63) is 76.8 Å². The monoisotopic (exact) mass is 389 g/mol. The largest absolute Gasteiger partial charge is 0.496 e.